The zero-order valence-corrected chi connectivity index (χ0v) is 22.0. The third kappa shape index (κ3) is 7.52. The zero-order chi connectivity index (χ0) is 27.7. The van der Waals surface area contributed by atoms with Crippen molar-refractivity contribution in [2.45, 2.75) is 62.7 Å². The number of hydrogen-bond donors (Lipinski definition) is 2. The van der Waals surface area contributed by atoms with Gasteiger partial charge in [-0.05, 0) is 23.3 Å². The molecule has 5 rings (SSSR count). The van der Waals surface area contributed by atoms with Crippen LogP contribution < -0.4 is 0 Å². The van der Waals surface area contributed by atoms with E-state index in [1.807, 2.05) is 60.7 Å². The molecule has 3 aromatic rings. The van der Waals surface area contributed by atoms with Gasteiger partial charge >= 0.3 is 5.97 Å². The fourth-order valence-electron chi connectivity index (χ4n) is 4.74. The minimum atomic E-state index is -1.29. The highest BCUT2D eigenvalue weighted by molar-refractivity contribution is 5.89. The summed E-state index contributed by atoms with van der Waals surface area (Å²) in [6, 6.07) is 28.0. The monoisotopic (exact) mass is 550 g/mol. The molecule has 2 fully saturated rings. The predicted octanol–water partition coefficient (Wildman–Crippen LogP) is 3.22. The van der Waals surface area contributed by atoms with Gasteiger partial charge in [0.15, 0.2) is 12.6 Å². The minimum Gasteiger partial charge on any atom is -0.459 e. The van der Waals surface area contributed by atoms with E-state index in [9.17, 15) is 15.0 Å². The Morgan fingerprint density at radius 1 is 0.750 bits per heavy atom. The molecule has 0 unspecified atom stereocenters. The van der Waals surface area contributed by atoms with Crippen LogP contribution in [0, 0.1) is 0 Å². The molecule has 0 radical (unpaired) electrons. The first-order valence-electron chi connectivity index (χ1n) is 13.4. The number of aliphatic hydroxyl groups excluding tert-OH is 2. The van der Waals surface area contributed by atoms with Gasteiger partial charge in [0.1, 0.15) is 31.0 Å². The normalized spacial score (nSPS) is 28.0. The Kier molecular flexibility index (Phi) is 9.90. The molecule has 2 aliphatic rings. The van der Waals surface area contributed by atoms with Crippen molar-refractivity contribution >= 4 is 5.97 Å². The topological polar surface area (TPSA) is 113 Å². The zero-order valence-electron chi connectivity index (χ0n) is 22.0. The van der Waals surface area contributed by atoms with E-state index in [0.29, 0.717) is 12.2 Å². The van der Waals surface area contributed by atoms with Crippen LogP contribution in [0.2, 0.25) is 0 Å². The Bertz CT molecular complexity index is 1180. The van der Waals surface area contributed by atoms with Crippen LogP contribution in [0.1, 0.15) is 27.9 Å². The van der Waals surface area contributed by atoms with Crippen molar-refractivity contribution in [3.8, 4) is 0 Å². The summed E-state index contributed by atoms with van der Waals surface area (Å²) in [5, 5.41) is 21.3. The smallest absolute Gasteiger partial charge is 0.338 e. The molecule has 7 atom stereocenters. The van der Waals surface area contributed by atoms with Gasteiger partial charge in [-0.25, -0.2) is 4.79 Å². The van der Waals surface area contributed by atoms with E-state index >= 15 is 0 Å². The van der Waals surface area contributed by atoms with Crippen LogP contribution in [0.25, 0.3) is 0 Å². The molecule has 2 aliphatic heterocycles. The molecule has 0 bridgehead atoms. The summed E-state index contributed by atoms with van der Waals surface area (Å²) in [4.78, 5) is 12.3. The standard InChI is InChI=1S/C31H34O9/c32-24-16-27(38-25(24)20-37-30(33)23-14-8-3-9-15-23)40-29-28(36-18-22-12-6-2-7-13-22)26(39-31(29)34)19-35-17-21-10-4-1-5-11-21/h1-15,24-29,31-32,34H,16-20H2/t24-,25-,26-,27+,28-,29+,31+/m1/s1. The van der Waals surface area contributed by atoms with E-state index in [4.69, 9.17) is 28.4 Å². The van der Waals surface area contributed by atoms with Crippen molar-refractivity contribution < 1.29 is 43.4 Å². The maximum absolute atomic E-state index is 12.3. The lowest BCUT2D eigenvalue weighted by atomic mass is 10.1. The fourth-order valence-corrected chi connectivity index (χ4v) is 4.74. The second kappa shape index (κ2) is 14.0. The number of aliphatic hydroxyl groups is 2. The van der Waals surface area contributed by atoms with Crippen molar-refractivity contribution in [2.24, 2.45) is 0 Å². The summed E-state index contributed by atoms with van der Waals surface area (Å²) in [6.07, 6.45) is -5.85. The van der Waals surface area contributed by atoms with Crippen LogP contribution in [0.4, 0.5) is 0 Å². The van der Waals surface area contributed by atoms with Crippen molar-refractivity contribution in [3.63, 3.8) is 0 Å². The van der Waals surface area contributed by atoms with Crippen molar-refractivity contribution in [1.82, 2.24) is 0 Å². The summed E-state index contributed by atoms with van der Waals surface area (Å²) in [6.45, 7) is 0.706. The first-order chi connectivity index (χ1) is 19.6. The van der Waals surface area contributed by atoms with Gasteiger partial charge in [-0.15, -0.1) is 0 Å². The number of carbonyl (C=O) groups excluding carboxylic acids is 1. The molecule has 9 heteroatoms. The van der Waals surface area contributed by atoms with Crippen LogP contribution in [-0.2, 0) is 41.6 Å². The summed E-state index contributed by atoms with van der Waals surface area (Å²) in [5.41, 5.74) is 2.38. The molecule has 2 N–H and O–H groups in total. The molecular formula is C31H34O9. The highest BCUT2D eigenvalue weighted by atomic mass is 16.7. The van der Waals surface area contributed by atoms with Crippen molar-refractivity contribution in [1.29, 1.82) is 0 Å². The molecule has 0 amide bonds. The Morgan fingerprint density at radius 3 is 2.05 bits per heavy atom. The van der Waals surface area contributed by atoms with E-state index in [0.717, 1.165) is 11.1 Å². The van der Waals surface area contributed by atoms with E-state index in [2.05, 4.69) is 0 Å². The Labute approximate surface area is 233 Å². The highest BCUT2D eigenvalue weighted by Crippen LogP contribution is 2.31. The number of ether oxygens (including phenoxy) is 6. The van der Waals surface area contributed by atoms with Crippen molar-refractivity contribution in [3.05, 3.63) is 108 Å². The van der Waals surface area contributed by atoms with Crippen LogP contribution in [0.3, 0.4) is 0 Å². The third-order valence-corrected chi connectivity index (χ3v) is 6.85. The first-order valence-corrected chi connectivity index (χ1v) is 13.4. The molecule has 212 valence electrons. The lowest BCUT2D eigenvalue weighted by molar-refractivity contribution is -0.222. The second-order valence-electron chi connectivity index (χ2n) is 9.80. The van der Waals surface area contributed by atoms with E-state index < -0.39 is 49.1 Å². The fraction of sp³-hybridized carbons (Fsp3) is 0.387. The third-order valence-electron chi connectivity index (χ3n) is 6.85. The van der Waals surface area contributed by atoms with Crippen LogP contribution in [0.15, 0.2) is 91.0 Å². The Balaban J connectivity index is 1.18. The lowest BCUT2D eigenvalue weighted by Crippen LogP contribution is -2.41. The summed E-state index contributed by atoms with van der Waals surface area (Å²) in [5.74, 6) is -0.506. The Morgan fingerprint density at radius 2 is 1.38 bits per heavy atom. The van der Waals surface area contributed by atoms with Gasteiger partial charge in [-0.1, -0.05) is 78.9 Å². The van der Waals surface area contributed by atoms with Crippen molar-refractivity contribution in [2.75, 3.05) is 13.2 Å². The number of rotatable bonds is 12. The molecule has 2 heterocycles. The number of benzene rings is 3. The minimum absolute atomic E-state index is 0.136. The highest BCUT2D eigenvalue weighted by Gasteiger charge is 2.48. The summed E-state index contributed by atoms with van der Waals surface area (Å²) < 4.78 is 35.2. The maximum Gasteiger partial charge on any atom is 0.338 e. The lowest BCUT2D eigenvalue weighted by Gasteiger charge is -2.26. The molecule has 3 aromatic carbocycles. The summed E-state index contributed by atoms with van der Waals surface area (Å²) >= 11 is 0. The summed E-state index contributed by atoms with van der Waals surface area (Å²) in [7, 11) is 0. The van der Waals surface area contributed by atoms with E-state index in [1.54, 1.807) is 30.3 Å². The van der Waals surface area contributed by atoms with Gasteiger partial charge in [0.05, 0.1) is 31.5 Å². The van der Waals surface area contributed by atoms with Gasteiger partial charge < -0.3 is 38.6 Å². The molecule has 2 saturated heterocycles. The van der Waals surface area contributed by atoms with E-state index in [1.165, 1.54) is 0 Å². The number of carbonyl (C=O) groups is 1. The second-order valence-corrected chi connectivity index (χ2v) is 9.80. The van der Waals surface area contributed by atoms with Gasteiger partial charge in [0.25, 0.3) is 0 Å². The molecular weight excluding hydrogens is 516 g/mol. The molecule has 9 nitrogen and oxygen atoms in total. The first kappa shape index (κ1) is 28.4. The number of esters is 1. The van der Waals surface area contributed by atoms with Gasteiger partial charge in [0.2, 0.25) is 0 Å². The van der Waals surface area contributed by atoms with Gasteiger partial charge in [-0.2, -0.15) is 0 Å². The van der Waals surface area contributed by atoms with Crippen LogP contribution in [-0.4, -0.2) is 72.5 Å². The number of hydrogen-bond acceptors (Lipinski definition) is 9. The van der Waals surface area contributed by atoms with Crippen LogP contribution >= 0.6 is 0 Å². The van der Waals surface area contributed by atoms with Gasteiger partial charge in [-0.3, -0.25) is 0 Å². The molecule has 0 spiro atoms. The quantitative estimate of drug-likeness (QED) is 0.328. The van der Waals surface area contributed by atoms with E-state index in [-0.39, 0.29) is 26.2 Å². The van der Waals surface area contributed by atoms with Gasteiger partial charge in [0, 0.05) is 6.42 Å². The molecule has 40 heavy (non-hydrogen) atoms. The maximum atomic E-state index is 12.3. The predicted molar refractivity (Wildman–Crippen MR) is 143 cm³/mol. The molecule has 0 aromatic heterocycles. The molecule has 0 saturated carbocycles. The SMILES string of the molecule is O=C(OC[C@H]1O[C@@H](O[C@H]2[C@H](OCc3ccccc3)[C@@H](COCc3ccccc3)O[C@@H]2O)C[C@H]1O)c1ccccc1. The van der Waals surface area contributed by atoms with Crippen LogP contribution in [0.5, 0.6) is 0 Å². The molecule has 0 aliphatic carbocycles. The largest absolute Gasteiger partial charge is 0.459 e. The average molecular weight is 551 g/mol. The average Bonchev–Trinajstić information content (AvgIpc) is 3.49. The Hall–Kier alpha value is -3.15.